The maximum absolute atomic E-state index is 10.8. The van der Waals surface area contributed by atoms with Gasteiger partial charge in [-0.1, -0.05) is 6.92 Å². The molecule has 0 aliphatic heterocycles. The van der Waals surface area contributed by atoms with Crippen LogP contribution in [0.15, 0.2) is 0 Å². The third-order valence-corrected chi connectivity index (χ3v) is 3.46. The van der Waals surface area contributed by atoms with Crippen LogP contribution in [0.25, 0.3) is 0 Å². The highest BCUT2D eigenvalue weighted by atomic mass is 31.2. The number of nitrogens with zero attached hydrogens (tertiary/aromatic N) is 1. The van der Waals surface area contributed by atoms with E-state index in [0.29, 0.717) is 6.42 Å². The molecule has 0 aromatic carbocycles. The molecule has 0 rings (SSSR count). The summed E-state index contributed by atoms with van der Waals surface area (Å²) < 4.78 is 11.9. The van der Waals surface area contributed by atoms with E-state index in [2.05, 4.69) is 0 Å². The van der Waals surface area contributed by atoms with Crippen molar-refractivity contribution in [2.75, 3.05) is 7.05 Å². The highest BCUT2D eigenvalue weighted by molar-refractivity contribution is 7.49. The Hall–Kier alpha value is 0.110. The van der Waals surface area contributed by atoms with Gasteiger partial charge in [0.2, 0.25) is 0 Å². The summed E-state index contributed by atoms with van der Waals surface area (Å²) >= 11 is 0. The SMILES string of the molecule is CCC(C)(C)N(C)P(=O)(O)O. The molecule has 0 aliphatic rings. The smallest absolute Gasteiger partial charge is 0.312 e. The van der Waals surface area contributed by atoms with Crippen LogP contribution in [0.3, 0.4) is 0 Å². The molecule has 0 saturated heterocycles. The Bertz CT molecular complexity index is 175. The van der Waals surface area contributed by atoms with Gasteiger partial charge in [-0.15, -0.1) is 0 Å². The topological polar surface area (TPSA) is 60.8 Å². The Morgan fingerprint density at radius 3 is 1.91 bits per heavy atom. The molecule has 5 heteroatoms. The maximum atomic E-state index is 10.8. The Balaban J connectivity index is 4.49. The molecule has 0 atom stereocenters. The summed E-state index contributed by atoms with van der Waals surface area (Å²) in [4.78, 5) is 17.6. The lowest BCUT2D eigenvalue weighted by Crippen LogP contribution is -2.37. The predicted octanol–water partition coefficient (Wildman–Crippen LogP) is 1.20. The molecule has 0 radical (unpaired) electrons. The van der Waals surface area contributed by atoms with Crippen molar-refractivity contribution in [3.05, 3.63) is 0 Å². The van der Waals surface area contributed by atoms with Crippen LogP contribution in [0.5, 0.6) is 0 Å². The second kappa shape index (κ2) is 3.23. The third-order valence-electron chi connectivity index (χ3n) is 2.13. The van der Waals surface area contributed by atoms with Gasteiger partial charge in [-0.05, 0) is 27.3 Å². The quantitative estimate of drug-likeness (QED) is 0.642. The van der Waals surface area contributed by atoms with E-state index in [9.17, 15) is 4.57 Å². The van der Waals surface area contributed by atoms with Gasteiger partial charge in [0.15, 0.2) is 0 Å². The first-order valence-corrected chi connectivity index (χ1v) is 5.08. The molecule has 2 N–H and O–H groups in total. The van der Waals surface area contributed by atoms with Crippen molar-refractivity contribution in [1.29, 1.82) is 0 Å². The fraction of sp³-hybridized carbons (Fsp3) is 1.00. The van der Waals surface area contributed by atoms with Crippen molar-refractivity contribution in [2.24, 2.45) is 0 Å². The normalized spacial score (nSPS) is 14.1. The first-order chi connectivity index (χ1) is 4.72. The van der Waals surface area contributed by atoms with E-state index in [-0.39, 0.29) is 0 Å². The van der Waals surface area contributed by atoms with E-state index in [1.165, 1.54) is 7.05 Å². The summed E-state index contributed by atoms with van der Waals surface area (Å²) in [5.41, 5.74) is -0.445. The molecule has 0 aromatic rings. The van der Waals surface area contributed by atoms with Crippen molar-refractivity contribution in [1.82, 2.24) is 4.67 Å². The van der Waals surface area contributed by atoms with Crippen molar-refractivity contribution in [3.8, 4) is 0 Å². The summed E-state index contributed by atoms with van der Waals surface area (Å²) in [5, 5.41) is 0. The van der Waals surface area contributed by atoms with Crippen LogP contribution < -0.4 is 0 Å². The zero-order valence-corrected chi connectivity index (χ0v) is 8.30. The molecule has 11 heavy (non-hydrogen) atoms. The summed E-state index contributed by atoms with van der Waals surface area (Å²) in [6.45, 7) is 5.49. The van der Waals surface area contributed by atoms with Gasteiger partial charge >= 0.3 is 7.75 Å². The fourth-order valence-corrected chi connectivity index (χ4v) is 1.43. The minimum atomic E-state index is -4.06. The minimum absolute atomic E-state index is 0.445. The molecule has 0 heterocycles. The van der Waals surface area contributed by atoms with Gasteiger partial charge in [0.25, 0.3) is 0 Å². The van der Waals surface area contributed by atoms with Gasteiger partial charge in [0.1, 0.15) is 0 Å². The van der Waals surface area contributed by atoms with Crippen LogP contribution in [0.1, 0.15) is 27.2 Å². The average Bonchev–Trinajstić information content (AvgIpc) is 1.84. The van der Waals surface area contributed by atoms with Gasteiger partial charge in [0.05, 0.1) is 0 Å². The number of rotatable bonds is 3. The van der Waals surface area contributed by atoms with Crippen LogP contribution in [0.2, 0.25) is 0 Å². The van der Waals surface area contributed by atoms with Crippen molar-refractivity contribution in [3.63, 3.8) is 0 Å². The monoisotopic (exact) mass is 181 g/mol. The number of hydrogen-bond acceptors (Lipinski definition) is 1. The van der Waals surface area contributed by atoms with Crippen molar-refractivity contribution in [2.45, 2.75) is 32.7 Å². The molecular formula is C6H16NO3P. The summed E-state index contributed by atoms with van der Waals surface area (Å²) in [6.07, 6.45) is 0.703. The van der Waals surface area contributed by atoms with E-state index in [1.54, 1.807) is 13.8 Å². The molecule has 0 bridgehead atoms. The molecule has 0 spiro atoms. The van der Waals surface area contributed by atoms with E-state index in [4.69, 9.17) is 9.79 Å². The molecule has 68 valence electrons. The van der Waals surface area contributed by atoms with Crippen LogP contribution in [0.4, 0.5) is 0 Å². The Morgan fingerprint density at radius 1 is 1.45 bits per heavy atom. The second-order valence-corrected chi connectivity index (χ2v) is 4.83. The summed E-state index contributed by atoms with van der Waals surface area (Å²) in [6, 6.07) is 0. The lowest BCUT2D eigenvalue weighted by molar-refractivity contribution is 0.191. The van der Waals surface area contributed by atoms with Gasteiger partial charge in [-0.2, -0.15) is 0 Å². The van der Waals surface area contributed by atoms with Gasteiger partial charge in [0, 0.05) is 5.54 Å². The molecule has 0 saturated carbocycles. The van der Waals surface area contributed by atoms with E-state index in [0.717, 1.165) is 4.67 Å². The second-order valence-electron chi connectivity index (χ2n) is 3.20. The zero-order valence-electron chi connectivity index (χ0n) is 7.40. The average molecular weight is 181 g/mol. The van der Waals surface area contributed by atoms with Crippen molar-refractivity contribution >= 4 is 7.75 Å². The van der Waals surface area contributed by atoms with Crippen LogP contribution in [0, 0.1) is 0 Å². The standard InChI is InChI=1S/C6H16NO3P/c1-5-6(2,3)7(4)11(8,9)10/h5H2,1-4H3,(H2,8,9,10). The largest absolute Gasteiger partial charge is 0.403 e. The van der Waals surface area contributed by atoms with Gasteiger partial charge < -0.3 is 9.79 Å². The first-order valence-electron chi connectivity index (χ1n) is 3.51. The molecule has 0 amide bonds. The highest BCUT2D eigenvalue weighted by Crippen LogP contribution is 2.44. The van der Waals surface area contributed by atoms with Gasteiger partial charge in [-0.25, -0.2) is 9.24 Å². The van der Waals surface area contributed by atoms with Crippen molar-refractivity contribution < 1.29 is 14.4 Å². The van der Waals surface area contributed by atoms with E-state index >= 15 is 0 Å². The molecule has 0 aliphatic carbocycles. The van der Waals surface area contributed by atoms with E-state index < -0.39 is 13.3 Å². The van der Waals surface area contributed by atoms with Crippen LogP contribution >= 0.6 is 7.75 Å². The molecule has 0 unspecified atom stereocenters. The van der Waals surface area contributed by atoms with Crippen LogP contribution in [-0.4, -0.2) is 27.0 Å². The Morgan fingerprint density at radius 2 is 1.82 bits per heavy atom. The van der Waals surface area contributed by atoms with E-state index in [1.807, 2.05) is 6.92 Å². The Kier molecular flexibility index (Phi) is 3.27. The summed E-state index contributed by atoms with van der Waals surface area (Å²) in [5.74, 6) is 0. The molecule has 0 fully saturated rings. The third kappa shape index (κ3) is 2.91. The summed E-state index contributed by atoms with van der Waals surface area (Å²) in [7, 11) is -2.63. The lowest BCUT2D eigenvalue weighted by Gasteiger charge is -2.34. The first kappa shape index (κ1) is 11.1. The van der Waals surface area contributed by atoms with Crippen LogP contribution in [-0.2, 0) is 4.57 Å². The minimum Gasteiger partial charge on any atom is -0.312 e. The number of hydrogen-bond donors (Lipinski definition) is 2. The molecule has 0 aromatic heterocycles. The maximum Gasteiger partial charge on any atom is 0.403 e. The predicted molar refractivity (Wildman–Crippen MR) is 44.2 cm³/mol. The molecular weight excluding hydrogens is 165 g/mol. The van der Waals surface area contributed by atoms with Gasteiger partial charge in [-0.3, -0.25) is 0 Å². The lowest BCUT2D eigenvalue weighted by atomic mass is 10.0. The zero-order chi connectivity index (χ0) is 9.28. The Labute approximate surface area is 67.4 Å². The fourth-order valence-electron chi connectivity index (χ4n) is 0.581. The molecule has 4 nitrogen and oxygen atoms in total. The highest BCUT2D eigenvalue weighted by Gasteiger charge is 2.33.